The number of rotatable bonds is 3. The van der Waals surface area contributed by atoms with Crippen molar-refractivity contribution in [2.75, 3.05) is 6.67 Å². The van der Waals surface area contributed by atoms with Crippen molar-refractivity contribution in [2.24, 2.45) is 5.73 Å². The summed E-state index contributed by atoms with van der Waals surface area (Å²) >= 11 is 0. The smallest absolute Gasteiger partial charge is 0.0912 e. The third kappa shape index (κ3) is 1.97. The van der Waals surface area contributed by atoms with Gasteiger partial charge in [-0.1, -0.05) is 18.2 Å². The zero-order valence-corrected chi connectivity index (χ0v) is 8.36. The Morgan fingerprint density at radius 1 is 1.27 bits per heavy atom. The highest BCUT2D eigenvalue weighted by Gasteiger charge is 2.09. The van der Waals surface area contributed by atoms with E-state index in [1.54, 1.807) is 6.20 Å². The van der Waals surface area contributed by atoms with Gasteiger partial charge < -0.3 is 5.73 Å². The molecule has 78 valence electrons. The Labute approximate surface area is 87.9 Å². The van der Waals surface area contributed by atoms with Crippen LogP contribution < -0.4 is 5.73 Å². The normalized spacial score (nSPS) is 12.9. The number of nitrogens with two attached hydrogens (primary N) is 1. The van der Waals surface area contributed by atoms with E-state index in [0.717, 1.165) is 16.5 Å². The van der Waals surface area contributed by atoms with Crippen LogP contribution >= 0.6 is 0 Å². The fourth-order valence-corrected chi connectivity index (χ4v) is 1.71. The first-order chi connectivity index (χ1) is 7.33. The fourth-order valence-electron chi connectivity index (χ4n) is 1.71. The molecule has 1 heterocycles. The Morgan fingerprint density at radius 2 is 2.07 bits per heavy atom. The summed E-state index contributed by atoms with van der Waals surface area (Å²) in [6, 6.07) is 9.39. The maximum Gasteiger partial charge on any atom is 0.0912 e. The standard InChI is InChI=1S/C12H13FN2/c13-7-5-11(14)9-6-8-15-12-4-2-1-3-10(9)12/h1-4,6,8,11H,5,7,14H2/t11-/m0/s1. The van der Waals surface area contributed by atoms with E-state index in [1.165, 1.54) is 0 Å². The zero-order valence-electron chi connectivity index (χ0n) is 8.36. The first-order valence-electron chi connectivity index (χ1n) is 4.98. The monoisotopic (exact) mass is 204 g/mol. The molecular weight excluding hydrogens is 191 g/mol. The summed E-state index contributed by atoms with van der Waals surface area (Å²) in [5.74, 6) is 0. The molecule has 0 bridgehead atoms. The highest BCUT2D eigenvalue weighted by Crippen LogP contribution is 2.22. The Morgan fingerprint density at radius 3 is 2.87 bits per heavy atom. The van der Waals surface area contributed by atoms with Crippen LogP contribution in [0.1, 0.15) is 18.0 Å². The third-order valence-corrected chi connectivity index (χ3v) is 2.50. The number of pyridine rings is 1. The Bertz CT molecular complexity index is 451. The first-order valence-corrected chi connectivity index (χ1v) is 4.98. The maximum absolute atomic E-state index is 12.2. The topological polar surface area (TPSA) is 38.9 Å². The van der Waals surface area contributed by atoms with Crippen LogP contribution in [0.3, 0.4) is 0 Å². The van der Waals surface area contributed by atoms with E-state index >= 15 is 0 Å². The molecule has 2 aromatic rings. The number of alkyl halides is 1. The molecule has 1 aromatic carbocycles. The van der Waals surface area contributed by atoms with Gasteiger partial charge in [0.1, 0.15) is 0 Å². The van der Waals surface area contributed by atoms with Gasteiger partial charge in [0.15, 0.2) is 0 Å². The molecule has 0 amide bonds. The second kappa shape index (κ2) is 4.36. The molecular formula is C12H13FN2. The molecule has 2 nitrogen and oxygen atoms in total. The maximum atomic E-state index is 12.2. The molecule has 0 fully saturated rings. The second-order valence-corrected chi connectivity index (χ2v) is 3.50. The first kappa shape index (κ1) is 10.1. The van der Waals surface area contributed by atoms with Crippen LogP contribution in [-0.2, 0) is 0 Å². The highest BCUT2D eigenvalue weighted by molar-refractivity contribution is 5.82. The van der Waals surface area contributed by atoms with Crippen molar-refractivity contribution >= 4 is 10.9 Å². The second-order valence-electron chi connectivity index (χ2n) is 3.50. The van der Waals surface area contributed by atoms with Crippen LogP contribution in [0.25, 0.3) is 10.9 Å². The van der Waals surface area contributed by atoms with E-state index in [-0.39, 0.29) is 6.04 Å². The van der Waals surface area contributed by atoms with Crippen LogP contribution in [0.2, 0.25) is 0 Å². The van der Waals surface area contributed by atoms with Crippen molar-refractivity contribution in [2.45, 2.75) is 12.5 Å². The van der Waals surface area contributed by atoms with Crippen molar-refractivity contribution < 1.29 is 4.39 Å². The number of hydrogen-bond donors (Lipinski definition) is 1. The van der Waals surface area contributed by atoms with Gasteiger partial charge in [0.25, 0.3) is 0 Å². The van der Waals surface area contributed by atoms with Gasteiger partial charge in [0, 0.05) is 17.6 Å². The summed E-state index contributed by atoms with van der Waals surface area (Å²) in [7, 11) is 0. The summed E-state index contributed by atoms with van der Waals surface area (Å²) in [4.78, 5) is 4.24. The van der Waals surface area contributed by atoms with E-state index < -0.39 is 6.67 Å². The van der Waals surface area contributed by atoms with E-state index in [0.29, 0.717) is 6.42 Å². The number of para-hydroxylation sites is 1. The van der Waals surface area contributed by atoms with Crippen LogP contribution in [0, 0.1) is 0 Å². The summed E-state index contributed by atoms with van der Waals surface area (Å²) in [6.45, 7) is -0.391. The molecule has 0 saturated heterocycles. The Balaban J connectivity index is 2.50. The molecule has 1 atom stereocenters. The number of benzene rings is 1. The lowest BCUT2D eigenvalue weighted by molar-refractivity contribution is 0.442. The minimum Gasteiger partial charge on any atom is -0.324 e. The Kier molecular flexibility index (Phi) is 2.92. The average Bonchev–Trinajstić information content (AvgIpc) is 2.28. The number of hydrogen-bond acceptors (Lipinski definition) is 2. The molecule has 1 aromatic heterocycles. The van der Waals surface area contributed by atoms with Crippen molar-refractivity contribution in [3.63, 3.8) is 0 Å². The van der Waals surface area contributed by atoms with E-state index in [2.05, 4.69) is 4.98 Å². The largest absolute Gasteiger partial charge is 0.324 e. The zero-order chi connectivity index (χ0) is 10.7. The fraction of sp³-hybridized carbons (Fsp3) is 0.250. The number of aromatic nitrogens is 1. The van der Waals surface area contributed by atoms with Crippen LogP contribution in [0.15, 0.2) is 36.5 Å². The van der Waals surface area contributed by atoms with E-state index in [1.807, 2.05) is 30.3 Å². The Hall–Kier alpha value is -1.48. The molecule has 0 aliphatic carbocycles. The summed E-state index contributed by atoms with van der Waals surface area (Å²) in [5.41, 5.74) is 7.78. The van der Waals surface area contributed by atoms with Crippen molar-refractivity contribution in [3.05, 3.63) is 42.1 Å². The van der Waals surface area contributed by atoms with Gasteiger partial charge in [0.05, 0.1) is 12.2 Å². The van der Waals surface area contributed by atoms with Crippen LogP contribution in [0.4, 0.5) is 4.39 Å². The molecule has 2 rings (SSSR count). The third-order valence-electron chi connectivity index (χ3n) is 2.50. The number of nitrogens with zero attached hydrogens (tertiary/aromatic N) is 1. The molecule has 0 aliphatic heterocycles. The van der Waals surface area contributed by atoms with Gasteiger partial charge in [-0.3, -0.25) is 9.37 Å². The lowest BCUT2D eigenvalue weighted by Crippen LogP contribution is -2.11. The molecule has 0 unspecified atom stereocenters. The predicted octanol–water partition coefficient (Wildman–Crippen LogP) is 2.59. The van der Waals surface area contributed by atoms with Gasteiger partial charge in [-0.25, -0.2) is 0 Å². The molecule has 0 radical (unpaired) electrons. The number of halogens is 1. The summed E-state index contributed by atoms with van der Waals surface area (Å²) < 4.78 is 12.2. The SMILES string of the molecule is N[C@@H](CCF)c1ccnc2ccccc12. The quantitative estimate of drug-likeness (QED) is 0.834. The van der Waals surface area contributed by atoms with Crippen molar-refractivity contribution in [3.8, 4) is 0 Å². The lowest BCUT2D eigenvalue weighted by atomic mass is 10.0. The molecule has 0 spiro atoms. The van der Waals surface area contributed by atoms with Crippen LogP contribution in [-0.4, -0.2) is 11.7 Å². The van der Waals surface area contributed by atoms with Gasteiger partial charge in [-0.15, -0.1) is 0 Å². The average molecular weight is 204 g/mol. The van der Waals surface area contributed by atoms with Crippen molar-refractivity contribution in [1.82, 2.24) is 4.98 Å². The van der Waals surface area contributed by atoms with Crippen molar-refractivity contribution in [1.29, 1.82) is 0 Å². The minimum absolute atomic E-state index is 0.247. The van der Waals surface area contributed by atoms with Gasteiger partial charge in [-0.2, -0.15) is 0 Å². The summed E-state index contributed by atoms with van der Waals surface area (Å²) in [5, 5.41) is 1.01. The molecule has 0 aliphatic rings. The minimum atomic E-state index is -0.391. The number of fused-ring (bicyclic) bond motifs is 1. The van der Waals surface area contributed by atoms with E-state index in [9.17, 15) is 4.39 Å². The van der Waals surface area contributed by atoms with Gasteiger partial charge in [0.2, 0.25) is 0 Å². The predicted molar refractivity (Wildman–Crippen MR) is 59.3 cm³/mol. The lowest BCUT2D eigenvalue weighted by Gasteiger charge is -2.12. The summed E-state index contributed by atoms with van der Waals surface area (Å²) in [6.07, 6.45) is 2.07. The van der Waals surface area contributed by atoms with E-state index in [4.69, 9.17) is 5.73 Å². The van der Waals surface area contributed by atoms with Gasteiger partial charge >= 0.3 is 0 Å². The highest BCUT2D eigenvalue weighted by atomic mass is 19.1. The molecule has 3 heteroatoms. The molecule has 0 saturated carbocycles. The van der Waals surface area contributed by atoms with Gasteiger partial charge in [-0.05, 0) is 24.1 Å². The molecule has 15 heavy (non-hydrogen) atoms. The molecule has 2 N–H and O–H groups in total. The van der Waals surface area contributed by atoms with Crippen LogP contribution in [0.5, 0.6) is 0 Å².